The molecular weight excluding hydrogens is 194 g/mol. The fourth-order valence-electron chi connectivity index (χ4n) is 1.42. The molecule has 2 heteroatoms. The van der Waals surface area contributed by atoms with Crippen molar-refractivity contribution in [3.8, 4) is 0 Å². The lowest BCUT2D eigenvalue weighted by Crippen LogP contribution is -2.29. The zero-order valence-corrected chi connectivity index (χ0v) is 9.82. The van der Waals surface area contributed by atoms with E-state index < -0.39 is 0 Å². The Bertz CT molecular complexity index is 323. The first kappa shape index (κ1) is 13.2. The van der Waals surface area contributed by atoms with Crippen LogP contribution in [0.15, 0.2) is 30.8 Å². The van der Waals surface area contributed by atoms with Crippen LogP contribution < -0.4 is 5.73 Å². The first-order valence-corrected chi connectivity index (χ1v) is 4.47. The third kappa shape index (κ3) is 2.86. The van der Waals surface area contributed by atoms with Crippen molar-refractivity contribution in [2.45, 2.75) is 26.3 Å². The van der Waals surface area contributed by atoms with Crippen molar-refractivity contribution in [2.24, 2.45) is 5.73 Å². The summed E-state index contributed by atoms with van der Waals surface area (Å²) in [6.45, 7) is 9.97. The van der Waals surface area contributed by atoms with E-state index in [0.29, 0.717) is 0 Å². The van der Waals surface area contributed by atoms with Crippen molar-refractivity contribution >= 4 is 18.0 Å². The minimum absolute atomic E-state index is 0. The average molecular weight is 212 g/mol. The van der Waals surface area contributed by atoms with Crippen LogP contribution in [0.3, 0.4) is 0 Å². The average Bonchev–Trinajstić information content (AvgIpc) is 2.03. The van der Waals surface area contributed by atoms with Gasteiger partial charge >= 0.3 is 0 Å². The van der Waals surface area contributed by atoms with Crippen LogP contribution in [-0.4, -0.2) is 0 Å². The van der Waals surface area contributed by atoms with E-state index in [1.54, 1.807) is 0 Å². The Kier molecular flexibility index (Phi) is 4.37. The highest BCUT2D eigenvalue weighted by Crippen LogP contribution is 2.25. The van der Waals surface area contributed by atoms with Gasteiger partial charge in [0.15, 0.2) is 0 Å². The highest BCUT2D eigenvalue weighted by atomic mass is 35.5. The third-order valence-corrected chi connectivity index (χ3v) is 2.08. The molecule has 0 aliphatic heterocycles. The molecule has 0 aromatic heterocycles. The second-order valence-electron chi connectivity index (χ2n) is 4.05. The van der Waals surface area contributed by atoms with E-state index in [9.17, 15) is 0 Å². The smallest absolute Gasteiger partial charge is 0.0358 e. The normalized spacial score (nSPS) is 10.6. The fraction of sp³-hybridized carbons (Fsp3) is 0.333. The summed E-state index contributed by atoms with van der Waals surface area (Å²) in [7, 11) is 0. The van der Waals surface area contributed by atoms with Gasteiger partial charge in [-0.1, -0.05) is 36.4 Å². The Hall–Kier alpha value is -0.790. The molecule has 0 bridgehead atoms. The van der Waals surface area contributed by atoms with Crippen LogP contribution >= 0.6 is 12.4 Å². The van der Waals surface area contributed by atoms with Crippen molar-refractivity contribution in [1.82, 2.24) is 0 Å². The molecule has 0 spiro atoms. The van der Waals surface area contributed by atoms with E-state index in [1.165, 1.54) is 0 Å². The Morgan fingerprint density at radius 3 is 2.14 bits per heavy atom. The monoisotopic (exact) mass is 211 g/mol. The van der Waals surface area contributed by atoms with Crippen molar-refractivity contribution in [3.63, 3.8) is 0 Å². The van der Waals surface area contributed by atoms with Gasteiger partial charge in [0.2, 0.25) is 0 Å². The molecule has 0 saturated heterocycles. The van der Waals surface area contributed by atoms with Gasteiger partial charge in [-0.3, -0.25) is 0 Å². The third-order valence-electron chi connectivity index (χ3n) is 2.08. The van der Waals surface area contributed by atoms with E-state index in [0.717, 1.165) is 16.7 Å². The van der Waals surface area contributed by atoms with Gasteiger partial charge in [0, 0.05) is 5.54 Å². The number of rotatable bonds is 2. The summed E-state index contributed by atoms with van der Waals surface area (Å²) in [6, 6.07) is 8.14. The second kappa shape index (κ2) is 4.63. The van der Waals surface area contributed by atoms with Crippen molar-refractivity contribution in [3.05, 3.63) is 42.0 Å². The second-order valence-corrected chi connectivity index (χ2v) is 4.05. The van der Waals surface area contributed by atoms with E-state index in [-0.39, 0.29) is 17.9 Å². The molecule has 0 unspecified atom stereocenters. The maximum Gasteiger partial charge on any atom is 0.0358 e. The summed E-state index contributed by atoms with van der Waals surface area (Å²) in [5.74, 6) is 0. The van der Waals surface area contributed by atoms with Crippen LogP contribution in [0.1, 0.15) is 31.9 Å². The molecule has 0 aliphatic carbocycles. The van der Waals surface area contributed by atoms with Gasteiger partial charge in [-0.15, -0.1) is 12.4 Å². The number of benzene rings is 1. The van der Waals surface area contributed by atoms with E-state index in [1.807, 2.05) is 32.9 Å². The minimum Gasteiger partial charge on any atom is -0.322 e. The lowest BCUT2D eigenvalue weighted by atomic mass is 9.88. The first-order chi connectivity index (χ1) is 5.93. The highest BCUT2D eigenvalue weighted by Gasteiger charge is 2.17. The molecule has 1 rings (SSSR count). The number of halogens is 1. The molecule has 0 radical (unpaired) electrons. The van der Waals surface area contributed by atoms with E-state index in [4.69, 9.17) is 5.73 Å². The summed E-state index contributed by atoms with van der Waals surface area (Å²) < 4.78 is 0. The Balaban J connectivity index is 0.00000169. The number of hydrogen-bond acceptors (Lipinski definition) is 1. The largest absolute Gasteiger partial charge is 0.322 e. The zero-order valence-electron chi connectivity index (χ0n) is 9.00. The van der Waals surface area contributed by atoms with Gasteiger partial charge in [-0.25, -0.2) is 0 Å². The molecule has 0 fully saturated rings. The molecule has 2 N–H and O–H groups in total. The summed E-state index contributed by atoms with van der Waals surface area (Å²) in [4.78, 5) is 0. The van der Waals surface area contributed by atoms with Gasteiger partial charge in [0.25, 0.3) is 0 Å². The van der Waals surface area contributed by atoms with Gasteiger partial charge in [0.05, 0.1) is 0 Å². The van der Waals surface area contributed by atoms with Crippen LogP contribution in [0.5, 0.6) is 0 Å². The maximum absolute atomic E-state index is 6.05. The van der Waals surface area contributed by atoms with Gasteiger partial charge < -0.3 is 5.73 Å². The van der Waals surface area contributed by atoms with Crippen molar-refractivity contribution in [1.29, 1.82) is 0 Å². The number of hydrogen-bond donors (Lipinski definition) is 1. The van der Waals surface area contributed by atoms with Crippen LogP contribution in [0.25, 0.3) is 5.57 Å². The molecule has 0 saturated carbocycles. The molecule has 1 nitrogen and oxygen atoms in total. The minimum atomic E-state index is -0.296. The standard InChI is InChI=1S/C12H17N.ClH/c1-9(2)10-7-5-6-8-11(10)12(3,4)13;/h5-8H,1,13H2,2-4H3;1H. The lowest BCUT2D eigenvalue weighted by molar-refractivity contribution is 0.553. The topological polar surface area (TPSA) is 26.0 Å². The van der Waals surface area contributed by atoms with Crippen molar-refractivity contribution in [2.75, 3.05) is 0 Å². The Morgan fingerprint density at radius 1 is 1.29 bits per heavy atom. The Morgan fingerprint density at radius 2 is 1.79 bits per heavy atom. The SMILES string of the molecule is C=C(C)c1ccccc1C(C)(C)N.Cl. The van der Waals surface area contributed by atoms with Gasteiger partial charge in [0.1, 0.15) is 0 Å². The van der Waals surface area contributed by atoms with Crippen LogP contribution in [0.2, 0.25) is 0 Å². The van der Waals surface area contributed by atoms with Crippen LogP contribution in [0.4, 0.5) is 0 Å². The predicted octanol–water partition coefficient (Wildman–Crippen LogP) is 3.34. The molecule has 14 heavy (non-hydrogen) atoms. The van der Waals surface area contributed by atoms with Gasteiger partial charge in [-0.2, -0.15) is 0 Å². The zero-order chi connectivity index (χ0) is 10.1. The molecule has 78 valence electrons. The highest BCUT2D eigenvalue weighted by molar-refractivity contribution is 5.85. The number of nitrogens with two attached hydrogens (primary N) is 1. The molecule has 1 aromatic rings. The Labute approximate surface area is 92.4 Å². The fourth-order valence-corrected chi connectivity index (χ4v) is 1.42. The molecule has 0 atom stereocenters. The van der Waals surface area contributed by atoms with Crippen LogP contribution in [0, 0.1) is 0 Å². The van der Waals surface area contributed by atoms with Gasteiger partial charge in [-0.05, 0) is 31.9 Å². The van der Waals surface area contributed by atoms with Crippen molar-refractivity contribution < 1.29 is 0 Å². The van der Waals surface area contributed by atoms with Crippen LogP contribution in [-0.2, 0) is 5.54 Å². The molecule has 0 amide bonds. The van der Waals surface area contributed by atoms with E-state index >= 15 is 0 Å². The van der Waals surface area contributed by atoms with E-state index in [2.05, 4.69) is 18.7 Å². The predicted molar refractivity (Wildman–Crippen MR) is 65.6 cm³/mol. The maximum atomic E-state index is 6.05. The molecule has 0 aliphatic rings. The summed E-state index contributed by atoms with van der Waals surface area (Å²) in [5, 5.41) is 0. The summed E-state index contributed by atoms with van der Waals surface area (Å²) in [5.41, 5.74) is 9.14. The quantitative estimate of drug-likeness (QED) is 0.798. The molecular formula is C12H18ClN. The summed E-state index contributed by atoms with van der Waals surface area (Å²) in [6.07, 6.45) is 0. The number of allylic oxidation sites excluding steroid dienone is 1. The lowest BCUT2D eigenvalue weighted by Gasteiger charge is -2.22. The summed E-state index contributed by atoms with van der Waals surface area (Å²) >= 11 is 0. The molecule has 1 aromatic carbocycles. The first-order valence-electron chi connectivity index (χ1n) is 4.47. The molecule has 0 heterocycles.